The van der Waals surface area contributed by atoms with E-state index in [1.165, 1.54) is 19.2 Å². The van der Waals surface area contributed by atoms with Gasteiger partial charge in [0.1, 0.15) is 23.7 Å². The van der Waals surface area contributed by atoms with Crippen LogP contribution in [0.4, 0.5) is 10.1 Å². The lowest BCUT2D eigenvalue weighted by molar-refractivity contribution is -0.144. The van der Waals surface area contributed by atoms with Gasteiger partial charge in [0.2, 0.25) is 0 Å². The van der Waals surface area contributed by atoms with Gasteiger partial charge in [-0.05, 0) is 43.0 Å². The Balaban J connectivity index is 1.36. The highest BCUT2D eigenvalue weighted by Crippen LogP contribution is 2.42. The van der Waals surface area contributed by atoms with Gasteiger partial charge in [-0.3, -0.25) is 9.59 Å². The van der Waals surface area contributed by atoms with Gasteiger partial charge in [0, 0.05) is 28.9 Å². The molecule has 5 rings (SSSR count). The number of benzene rings is 2. The minimum atomic E-state index is -0.509. The van der Waals surface area contributed by atoms with E-state index in [1.54, 1.807) is 6.07 Å². The number of carbonyl (C=O) groups excluding carboxylic acids is 2. The van der Waals surface area contributed by atoms with Gasteiger partial charge in [-0.2, -0.15) is 0 Å². The number of ether oxygens (including phenoxy) is 2. The van der Waals surface area contributed by atoms with Crippen LogP contribution in [0.25, 0.3) is 11.3 Å². The molecule has 0 atom stereocenters. The average molecular weight is 408 g/mol. The molecule has 1 amide bonds. The summed E-state index contributed by atoms with van der Waals surface area (Å²) >= 11 is 0. The number of hydrogen-bond acceptors (Lipinski definition) is 5. The molecular formula is C23H21FN2O4. The number of fused-ring (bicyclic) bond motifs is 2. The smallest absolute Gasteiger partial charge is 0.326 e. The molecule has 0 radical (unpaired) electrons. The standard InChI is InChI=1S/C23H21FN2O4/c1-29-22(28)23(7-8-23)25-9-6-13-2-4-16-14(10-13)12-30-20(16)19-17-11-15(24)3-5-18(17)26-21(19)27/h2-5,10-11,25H,6-9,12H2,1H3,(H,26,27)/b20-19+. The Bertz CT molecular complexity index is 1100. The maximum absolute atomic E-state index is 13.7. The van der Waals surface area contributed by atoms with Crippen LogP contribution in [0.3, 0.4) is 0 Å². The molecule has 2 aromatic rings. The molecular weight excluding hydrogens is 387 g/mol. The lowest BCUT2D eigenvalue weighted by atomic mass is 9.98. The van der Waals surface area contributed by atoms with Gasteiger partial charge < -0.3 is 20.1 Å². The van der Waals surface area contributed by atoms with E-state index in [0.29, 0.717) is 35.7 Å². The zero-order chi connectivity index (χ0) is 20.9. The normalized spacial score (nSPS) is 20.3. The summed E-state index contributed by atoms with van der Waals surface area (Å²) in [6, 6.07) is 10.2. The van der Waals surface area contributed by atoms with Crippen molar-refractivity contribution in [1.29, 1.82) is 0 Å². The monoisotopic (exact) mass is 408 g/mol. The zero-order valence-corrected chi connectivity index (χ0v) is 16.5. The second-order valence-electron chi connectivity index (χ2n) is 7.88. The SMILES string of the molecule is COC(=O)C1(NCCc2ccc3c(c2)CO/C3=C2/C(=O)Nc3ccc(F)cc32)CC1. The molecule has 6 nitrogen and oxygen atoms in total. The van der Waals surface area contributed by atoms with Crippen LogP contribution in [-0.4, -0.2) is 31.1 Å². The molecule has 0 unspecified atom stereocenters. The van der Waals surface area contributed by atoms with Crippen LogP contribution in [0.5, 0.6) is 0 Å². The van der Waals surface area contributed by atoms with Gasteiger partial charge in [0.25, 0.3) is 5.91 Å². The van der Waals surface area contributed by atoms with Crippen molar-refractivity contribution in [3.05, 3.63) is 64.5 Å². The summed E-state index contributed by atoms with van der Waals surface area (Å²) in [5.74, 6) is -0.402. The summed E-state index contributed by atoms with van der Waals surface area (Å²) in [5.41, 5.74) is 3.91. The molecule has 2 N–H and O–H groups in total. The van der Waals surface area contributed by atoms with E-state index < -0.39 is 11.4 Å². The molecule has 1 fully saturated rings. The molecule has 0 spiro atoms. The third-order valence-corrected chi connectivity index (χ3v) is 5.94. The van der Waals surface area contributed by atoms with Crippen molar-refractivity contribution in [1.82, 2.24) is 5.32 Å². The average Bonchev–Trinajstić information content (AvgIpc) is 3.31. The van der Waals surface area contributed by atoms with Gasteiger partial charge in [0.05, 0.1) is 12.7 Å². The number of amides is 1. The number of hydrogen-bond donors (Lipinski definition) is 2. The number of nitrogens with one attached hydrogen (secondary N) is 2. The largest absolute Gasteiger partial charge is 0.487 e. The van der Waals surface area contributed by atoms with Crippen molar-refractivity contribution in [3.63, 3.8) is 0 Å². The predicted octanol–water partition coefficient (Wildman–Crippen LogP) is 3.01. The Labute approximate surface area is 173 Å². The fourth-order valence-corrected chi connectivity index (χ4v) is 4.16. The minimum Gasteiger partial charge on any atom is -0.487 e. The summed E-state index contributed by atoms with van der Waals surface area (Å²) in [6.45, 7) is 1.03. The van der Waals surface area contributed by atoms with Crippen molar-refractivity contribution in [2.45, 2.75) is 31.4 Å². The molecule has 3 aliphatic rings. The lowest BCUT2D eigenvalue weighted by Gasteiger charge is -2.14. The van der Waals surface area contributed by atoms with Gasteiger partial charge >= 0.3 is 5.97 Å². The van der Waals surface area contributed by atoms with E-state index in [4.69, 9.17) is 9.47 Å². The van der Waals surface area contributed by atoms with Crippen LogP contribution in [0.15, 0.2) is 36.4 Å². The van der Waals surface area contributed by atoms with Crippen LogP contribution >= 0.6 is 0 Å². The molecule has 154 valence electrons. The van der Waals surface area contributed by atoms with Gasteiger partial charge in [-0.1, -0.05) is 18.2 Å². The predicted molar refractivity (Wildman–Crippen MR) is 109 cm³/mol. The Morgan fingerprint density at radius 3 is 2.83 bits per heavy atom. The summed E-state index contributed by atoms with van der Waals surface area (Å²) < 4.78 is 24.5. The first kappa shape index (κ1) is 18.8. The van der Waals surface area contributed by atoms with Gasteiger partial charge in [0.15, 0.2) is 0 Å². The van der Waals surface area contributed by atoms with Crippen LogP contribution in [0.1, 0.15) is 35.1 Å². The highest BCUT2D eigenvalue weighted by molar-refractivity contribution is 6.36. The van der Waals surface area contributed by atoms with Crippen LogP contribution < -0.4 is 10.6 Å². The molecule has 7 heteroatoms. The molecule has 0 saturated heterocycles. The van der Waals surface area contributed by atoms with Crippen LogP contribution in [0.2, 0.25) is 0 Å². The zero-order valence-electron chi connectivity index (χ0n) is 16.5. The van der Waals surface area contributed by atoms with E-state index in [0.717, 1.165) is 36.0 Å². The third kappa shape index (κ3) is 3.06. The number of esters is 1. The molecule has 1 aliphatic carbocycles. The number of anilines is 1. The van der Waals surface area contributed by atoms with E-state index in [1.807, 2.05) is 12.1 Å². The Kier molecular flexibility index (Phi) is 4.36. The molecule has 30 heavy (non-hydrogen) atoms. The van der Waals surface area contributed by atoms with Gasteiger partial charge in [-0.15, -0.1) is 0 Å². The van der Waals surface area contributed by atoms with Crippen molar-refractivity contribution in [2.75, 3.05) is 19.0 Å². The second kappa shape index (κ2) is 6.95. The topological polar surface area (TPSA) is 76.7 Å². The molecule has 2 aliphatic heterocycles. The summed E-state index contributed by atoms with van der Waals surface area (Å²) in [5, 5.41) is 6.08. The number of methoxy groups -OCH3 is 1. The Hall–Kier alpha value is -3.19. The molecule has 0 bridgehead atoms. The Morgan fingerprint density at radius 1 is 1.23 bits per heavy atom. The van der Waals surface area contributed by atoms with E-state index in [-0.39, 0.29) is 11.9 Å². The fraction of sp³-hybridized carbons (Fsp3) is 0.304. The first-order valence-electron chi connectivity index (χ1n) is 9.95. The highest BCUT2D eigenvalue weighted by Gasteiger charge is 2.50. The fourth-order valence-electron chi connectivity index (χ4n) is 4.16. The minimum absolute atomic E-state index is 0.201. The number of carbonyl (C=O) groups is 2. The van der Waals surface area contributed by atoms with Crippen molar-refractivity contribution >= 4 is 28.9 Å². The number of rotatable bonds is 5. The van der Waals surface area contributed by atoms with Gasteiger partial charge in [-0.25, -0.2) is 4.39 Å². The highest BCUT2D eigenvalue weighted by atomic mass is 19.1. The van der Waals surface area contributed by atoms with Crippen LogP contribution in [0, 0.1) is 5.82 Å². The van der Waals surface area contributed by atoms with Crippen molar-refractivity contribution < 1.29 is 23.5 Å². The lowest BCUT2D eigenvalue weighted by Crippen LogP contribution is -2.41. The first-order chi connectivity index (χ1) is 14.5. The van der Waals surface area contributed by atoms with E-state index >= 15 is 0 Å². The third-order valence-electron chi connectivity index (χ3n) is 5.94. The molecule has 2 aromatic carbocycles. The van der Waals surface area contributed by atoms with Crippen LogP contribution in [-0.2, 0) is 32.1 Å². The Morgan fingerprint density at radius 2 is 2.07 bits per heavy atom. The van der Waals surface area contributed by atoms with Crippen molar-refractivity contribution in [2.24, 2.45) is 0 Å². The summed E-state index contributed by atoms with van der Waals surface area (Å²) in [4.78, 5) is 24.3. The molecule has 2 heterocycles. The second-order valence-corrected chi connectivity index (χ2v) is 7.88. The number of halogens is 1. The summed E-state index contributed by atoms with van der Waals surface area (Å²) in [7, 11) is 1.41. The maximum Gasteiger partial charge on any atom is 0.326 e. The maximum atomic E-state index is 13.7. The quantitative estimate of drug-likeness (QED) is 0.588. The summed E-state index contributed by atoms with van der Waals surface area (Å²) in [6.07, 6.45) is 2.37. The van der Waals surface area contributed by atoms with Crippen molar-refractivity contribution in [3.8, 4) is 0 Å². The van der Waals surface area contributed by atoms with E-state index in [2.05, 4.69) is 16.7 Å². The molecule has 0 aromatic heterocycles. The first-order valence-corrected chi connectivity index (χ1v) is 9.95. The molecule has 1 saturated carbocycles. The van der Waals surface area contributed by atoms with E-state index in [9.17, 15) is 14.0 Å².